The average molecular weight is 590 g/mol. The molecule has 1 saturated heterocycles. The molecule has 2 heterocycles. The number of benzene rings is 2. The molecule has 0 spiro atoms. The molecule has 0 saturated carbocycles. The predicted octanol–water partition coefficient (Wildman–Crippen LogP) is 5.41. The van der Waals surface area contributed by atoms with Gasteiger partial charge < -0.3 is 25.2 Å². The summed E-state index contributed by atoms with van der Waals surface area (Å²) < 4.78 is 15.0. The lowest BCUT2D eigenvalue weighted by molar-refractivity contribution is -0.0980. The van der Waals surface area contributed by atoms with Gasteiger partial charge in [-0.15, -0.1) is 0 Å². The zero-order valence-electron chi connectivity index (χ0n) is 22.5. The number of phenolic OH excluding ortho intramolecular Hbond substituents is 1. The first-order valence-corrected chi connectivity index (χ1v) is 12.8. The molecule has 0 unspecified atom stereocenters. The van der Waals surface area contributed by atoms with E-state index in [1.54, 1.807) is 18.3 Å². The van der Waals surface area contributed by atoms with Crippen LogP contribution in [0.4, 0.5) is 4.39 Å². The fourth-order valence-electron chi connectivity index (χ4n) is 3.75. The molecule has 4 rings (SSSR count). The molecule has 0 atom stereocenters. The van der Waals surface area contributed by atoms with Crippen molar-refractivity contribution in [3.05, 3.63) is 94.5 Å². The number of rotatable bonds is 5. The number of aromatic hydroxyl groups is 1. The number of aromatic nitrogens is 2. The molecule has 38 heavy (non-hydrogen) atoms. The van der Waals surface area contributed by atoms with Crippen LogP contribution in [0.5, 0.6) is 5.75 Å². The van der Waals surface area contributed by atoms with E-state index in [-0.39, 0.29) is 11.6 Å². The van der Waals surface area contributed by atoms with Crippen molar-refractivity contribution in [3.8, 4) is 5.75 Å². The predicted molar refractivity (Wildman–Crippen MR) is 156 cm³/mol. The molecule has 2 aromatic carbocycles. The van der Waals surface area contributed by atoms with Gasteiger partial charge in [0, 0.05) is 18.7 Å². The van der Waals surface area contributed by atoms with E-state index < -0.39 is 0 Å². The number of para-hydroxylation sites is 1. The highest BCUT2D eigenvalue weighted by atomic mass is 79.9. The Balaban J connectivity index is 0.000000505. The summed E-state index contributed by atoms with van der Waals surface area (Å²) in [5, 5.41) is 25.3. The molecule has 7 nitrogen and oxygen atoms in total. The Hall–Kier alpha value is -3.27. The number of hydrogen-bond donors (Lipinski definition) is 3. The number of aryl methyl sites for hydroxylation is 1. The lowest BCUT2D eigenvalue weighted by atomic mass is 10.0. The summed E-state index contributed by atoms with van der Waals surface area (Å²) in [5.41, 5.74) is 3.44. The van der Waals surface area contributed by atoms with E-state index in [0.29, 0.717) is 6.04 Å². The maximum atomic E-state index is 12.2. The third-order valence-electron chi connectivity index (χ3n) is 5.79. The number of halogens is 2. The minimum absolute atomic E-state index is 0.162. The van der Waals surface area contributed by atoms with Crippen molar-refractivity contribution in [1.82, 2.24) is 20.0 Å². The zero-order chi connectivity index (χ0) is 28.7. The largest absolute Gasteiger partial charge is 0.507 e. The Morgan fingerprint density at radius 1 is 1.13 bits per heavy atom. The summed E-state index contributed by atoms with van der Waals surface area (Å²) in [5.74, 6) is 0.937. The number of aliphatic hydroxyl groups excluding tert-OH is 1. The molecular formula is C29H38BrFN4O3. The third-order valence-corrected chi connectivity index (χ3v) is 6.57. The lowest BCUT2D eigenvalue weighted by Crippen LogP contribution is -2.41. The van der Waals surface area contributed by atoms with Crippen LogP contribution in [0.15, 0.2) is 71.9 Å². The number of carbonyl (C=O) groups is 1. The molecular weight excluding hydrogens is 551 g/mol. The molecule has 1 fully saturated rings. The summed E-state index contributed by atoms with van der Waals surface area (Å²) >= 11 is 3.53. The number of phenols is 1. The first-order chi connectivity index (χ1) is 18.2. The molecule has 3 aromatic rings. The van der Waals surface area contributed by atoms with E-state index in [1.165, 1.54) is 12.1 Å². The molecule has 9 heteroatoms. The van der Waals surface area contributed by atoms with Gasteiger partial charge in [0.15, 0.2) is 0 Å². The van der Waals surface area contributed by atoms with Crippen LogP contribution in [0, 0.1) is 19.7 Å². The minimum atomic E-state index is -0.162. The zero-order valence-corrected chi connectivity index (χ0v) is 24.1. The van der Waals surface area contributed by atoms with Gasteiger partial charge in [0.2, 0.25) is 0 Å². The SMILES string of the molecule is C=C(/C=C(/NC1CCN(C)CC1)n1ncc(Br)c1C)c1ccccc1O.C=O.CO.Cc1cccc(F)c1. The third kappa shape index (κ3) is 10.2. The number of aliphatic hydroxyl groups is 1. The summed E-state index contributed by atoms with van der Waals surface area (Å²) in [6.45, 7) is 12.2. The molecule has 0 radical (unpaired) electrons. The molecule has 3 N–H and O–H groups in total. The van der Waals surface area contributed by atoms with E-state index in [4.69, 9.17) is 9.90 Å². The van der Waals surface area contributed by atoms with Crippen molar-refractivity contribution >= 4 is 34.1 Å². The molecule has 0 bridgehead atoms. The van der Waals surface area contributed by atoms with E-state index >= 15 is 0 Å². The number of hydrogen-bond acceptors (Lipinski definition) is 6. The maximum Gasteiger partial charge on any atom is 0.128 e. The Labute approximate surface area is 233 Å². The van der Waals surface area contributed by atoms with Gasteiger partial charge in [0.25, 0.3) is 0 Å². The quantitative estimate of drug-likeness (QED) is 0.345. The molecule has 1 aliphatic rings. The molecule has 206 valence electrons. The number of piperidine rings is 1. The second-order valence-electron chi connectivity index (χ2n) is 8.58. The number of allylic oxidation sites excluding steroid dienone is 2. The number of nitrogens with one attached hydrogen (secondary N) is 1. The van der Waals surface area contributed by atoms with Gasteiger partial charge in [-0.05, 0) is 98.2 Å². The fraction of sp³-hybridized carbons (Fsp3) is 0.310. The van der Waals surface area contributed by atoms with Crippen molar-refractivity contribution in [1.29, 1.82) is 0 Å². The summed E-state index contributed by atoms with van der Waals surface area (Å²) in [6, 6.07) is 14.1. The van der Waals surface area contributed by atoms with E-state index in [9.17, 15) is 9.50 Å². The topological polar surface area (TPSA) is 90.6 Å². The van der Waals surface area contributed by atoms with Crippen LogP contribution < -0.4 is 5.32 Å². The minimum Gasteiger partial charge on any atom is -0.507 e. The highest BCUT2D eigenvalue weighted by molar-refractivity contribution is 9.10. The van der Waals surface area contributed by atoms with Gasteiger partial charge >= 0.3 is 0 Å². The second kappa shape index (κ2) is 17.3. The summed E-state index contributed by atoms with van der Waals surface area (Å²) in [7, 11) is 3.15. The lowest BCUT2D eigenvalue weighted by Gasteiger charge is -2.31. The van der Waals surface area contributed by atoms with Gasteiger partial charge in [-0.1, -0.05) is 36.9 Å². The Kier molecular flexibility index (Phi) is 14.9. The van der Waals surface area contributed by atoms with E-state index in [2.05, 4.69) is 44.9 Å². The van der Waals surface area contributed by atoms with Crippen LogP contribution in [0.2, 0.25) is 0 Å². The normalized spacial score (nSPS) is 13.6. The maximum absolute atomic E-state index is 12.2. The number of carbonyl (C=O) groups excluding carboxylic acids is 1. The van der Waals surface area contributed by atoms with E-state index in [0.717, 1.165) is 65.7 Å². The van der Waals surface area contributed by atoms with Gasteiger partial charge in [-0.3, -0.25) is 0 Å². The molecule has 0 amide bonds. The van der Waals surface area contributed by atoms with Gasteiger partial charge in [0.05, 0.1) is 16.4 Å². The van der Waals surface area contributed by atoms with E-state index in [1.807, 2.05) is 55.7 Å². The smallest absolute Gasteiger partial charge is 0.128 e. The molecule has 1 aromatic heterocycles. The summed E-state index contributed by atoms with van der Waals surface area (Å²) in [6.07, 6.45) is 5.92. The first-order valence-electron chi connectivity index (χ1n) is 12.0. The average Bonchev–Trinajstić information content (AvgIpc) is 3.25. The van der Waals surface area contributed by atoms with Gasteiger partial charge in [-0.25, -0.2) is 9.07 Å². The monoisotopic (exact) mass is 588 g/mol. The van der Waals surface area contributed by atoms with Crippen molar-refractivity contribution in [2.24, 2.45) is 0 Å². The van der Waals surface area contributed by atoms with Crippen LogP contribution in [-0.4, -0.2) is 65.0 Å². The Morgan fingerprint density at radius 3 is 2.26 bits per heavy atom. The van der Waals surface area contributed by atoms with Crippen molar-refractivity contribution in [3.63, 3.8) is 0 Å². The highest BCUT2D eigenvalue weighted by Crippen LogP contribution is 2.27. The van der Waals surface area contributed by atoms with Gasteiger partial charge in [0.1, 0.15) is 24.2 Å². The Morgan fingerprint density at radius 2 is 1.76 bits per heavy atom. The van der Waals surface area contributed by atoms with Crippen molar-refractivity contribution in [2.45, 2.75) is 32.7 Å². The number of nitrogens with zero attached hydrogens (tertiary/aromatic N) is 3. The second-order valence-corrected chi connectivity index (χ2v) is 9.44. The van der Waals surface area contributed by atoms with Crippen molar-refractivity contribution in [2.75, 3.05) is 27.2 Å². The molecule has 0 aliphatic carbocycles. The fourth-order valence-corrected chi connectivity index (χ4v) is 4.01. The van der Waals surface area contributed by atoms with Crippen LogP contribution in [-0.2, 0) is 4.79 Å². The van der Waals surface area contributed by atoms with Crippen LogP contribution in [0.25, 0.3) is 11.4 Å². The standard InChI is InChI=1S/C20H25BrN4O.C7H7F.CH4O.CH2O/c1-14(17-6-4-5-7-19(17)26)12-20(25-15(2)18(21)13-22-25)23-16-8-10-24(3)11-9-16;1-6-3-2-4-7(8)5-6;2*1-2/h4-7,12-13,16,23,26H,1,8-11H2,2-3H3;2-5H,1H3;2H,1H3;1H2/b20-12-;;;. The highest BCUT2D eigenvalue weighted by Gasteiger charge is 2.19. The first kappa shape index (κ1) is 32.8. The van der Waals surface area contributed by atoms with Crippen molar-refractivity contribution < 1.29 is 19.4 Å². The number of likely N-dealkylation sites (tertiary alicyclic amines) is 1. The van der Waals surface area contributed by atoms with Gasteiger partial charge in [-0.2, -0.15) is 5.10 Å². The van der Waals surface area contributed by atoms with Crippen LogP contribution in [0.1, 0.15) is 29.7 Å². The molecule has 1 aliphatic heterocycles. The summed E-state index contributed by atoms with van der Waals surface area (Å²) in [4.78, 5) is 10.3. The Bertz CT molecular complexity index is 1160. The van der Waals surface area contributed by atoms with Crippen LogP contribution >= 0.6 is 15.9 Å². The van der Waals surface area contributed by atoms with Crippen LogP contribution in [0.3, 0.4) is 0 Å².